The summed E-state index contributed by atoms with van der Waals surface area (Å²) in [7, 11) is 4.23. The lowest BCUT2D eigenvalue weighted by molar-refractivity contribution is -0.159. The lowest BCUT2D eigenvalue weighted by Crippen LogP contribution is -2.20. The van der Waals surface area contributed by atoms with Gasteiger partial charge in [-0.05, 0) is 50.7 Å². The highest BCUT2D eigenvalue weighted by atomic mass is 16.4. The van der Waals surface area contributed by atoms with Crippen molar-refractivity contribution in [3.8, 4) is 0 Å². The summed E-state index contributed by atoms with van der Waals surface area (Å²) in [5, 5.41) is 18.3. The molecule has 0 amide bonds. The van der Waals surface area contributed by atoms with Crippen molar-refractivity contribution >= 4 is 11.9 Å². The number of carbonyl (C=O) groups is 2. The van der Waals surface area contributed by atoms with Gasteiger partial charge in [0.25, 0.3) is 0 Å². The molecule has 6 nitrogen and oxygen atoms in total. The quantitative estimate of drug-likeness (QED) is 0.525. The molecule has 0 aromatic heterocycles. The summed E-state index contributed by atoms with van der Waals surface area (Å²) in [6.45, 7) is 7.68. The van der Waals surface area contributed by atoms with Crippen LogP contribution in [0.5, 0.6) is 0 Å². The van der Waals surface area contributed by atoms with Crippen LogP contribution < -0.4 is 5.32 Å². The molecule has 1 aromatic carbocycles. The van der Waals surface area contributed by atoms with Crippen LogP contribution in [0.3, 0.4) is 0 Å². The predicted molar refractivity (Wildman–Crippen MR) is 90.7 cm³/mol. The molecule has 6 heteroatoms. The van der Waals surface area contributed by atoms with Gasteiger partial charge in [0, 0.05) is 6.54 Å². The van der Waals surface area contributed by atoms with E-state index < -0.39 is 11.9 Å². The van der Waals surface area contributed by atoms with Crippen molar-refractivity contribution in [2.75, 3.05) is 27.2 Å². The first-order valence-corrected chi connectivity index (χ1v) is 7.64. The molecule has 0 spiro atoms. The number of rotatable bonds is 7. The Bertz CT molecular complexity index is 458. The molecular formula is C17H28N2O4. The van der Waals surface area contributed by atoms with E-state index in [-0.39, 0.29) is 0 Å². The van der Waals surface area contributed by atoms with E-state index in [9.17, 15) is 0 Å². The normalized spacial score (nSPS) is 10.3. The van der Waals surface area contributed by atoms with Crippen molar-refractivity contribution in [1.29, 1.82) is 0 Å². The number of aliphatic carboxylic acids is 2. The van der Waals surface area contributed by atoms with E-state index in [0.29, 0.717) is 5.92 Å². The Labute approximate surface area is 138 Å². The molecule has 0 heterocycles. The zero-order valence-electron chi connectivity index (χ0n) is 14.4. The fourth-order valence-electron chi connectivity index (χ4n) is 1.77. The Morgan fingerprint density at radius 1 is 1.09 bits per heavy atom. The minimum atomic E-state index is -1.82. The molecule has 23 heavy (non-hydrogen) atoms. The van der Waals surface area contributed by atoms with Crippen LogP contribution in [0.25, 0.3) is 0 Å². The lowest BCUT2D eigenvalue weighted by atomic mass is 10.0. The van der Waals surface area contributed by atoms with Crippen LogP contribution in [0.1, 0.15) is 37.3 Å². The van der Waals surface area contributed by atoms with Gasteiger partial charge < -0.3 is 20.4 Å². The van der Waals surface area contributed by atoms with E-state index in [1.54, 1.807) is 0 Å². The van der Waals surface area contributed by atoms with Crippen molar-refractivity contribution in [1.82, 2.24) is 10.2 Å². The number of carboxylic acid groups (broad SMARTS) is 2. The fraction of sp³-hybridized carbons (Fsp3) is 0.529. The van der Waals surface area contributed by atoms with E-state index in [1.165, 1.54) is 17.5 Å². The average molecular weight is 324 g/mol. The number of benzene rings is 1. The summed E-state index contributed by atoms with van der Waals surface area (Å²) >= 11 is 0. The summed E-state index contributed by atoms with van der Waals surface area (Å²) in [6.07, 6.45) is 1.21. The largest absolute Gasteiger partial charge is 0.473 e. The Balaban J connectivity index is 0.000000688. The summed E-state index contributed by atoms with van der Waals surface area (Å²) in [4.78, 5) is 20.4. The third-order valence-corrected chi connectivity index (χ3v) is 3.12. The molecule has 3 N–H and O–H groups in total. The van der Waals surface area contributed by atoms with Gasteiger partial charge >= 0.3 is 11.9 Å². The first-order chi connectivity index (χ1) is 10.7. The van der Waals surface area contributed by atoms with Crippen molar-refractivity contribution in [2.45, 2.75) is 32.7 Å². The Hall–Kier alpha value is -1.92. The molecule has 0 saturated carbocycles. The van der Waals surface area contributed by atoms with E-state index in [4.69, 9.17) is 19.8 Å². The first-order valence-electron chi connectivity index (χ1n) is 7.64. The van der Waals surface area contributed by atoms with E-state index in [0.717, 1.165) is 19.6 Å². The lowest BCUT2D eigenvalue weighted by Gasteiger charge is -2.10. The standard InChI is InChI=1S/C15H26N2.C2H2O4/c1-13(2)15-8-6-14(7-9-15)12-16-10-5-11-17(3)4;3-1(4)2(5)6/h6-9,13,16H,5,10-12H2,1-4H3;(H,3,4)(H,5,6). The highest BCUT2D eigenvalue weighted by Gasteiger charge is 2.04. The number of hydrogen-bond acceptors (Lipinski definition) is 4. The molecule has 0 aliphatic carbocycles. The number of nitrogens with one attached hydrogen (secondary N) is 1. The van der Waals surface area contributed by atoms with Gasteiger partial charge in [0.05, 0.1) is 0 Å². The van der Waals surface area contributed by atoms with Crippen LogP contribution in [0, 0.1) is 0 Å². The maximum absolute atomic E-state index is 9.10. The second-order valence-electron chi connectivity index (χ2n) is 5.84. The molecule has 0 bridgehead atoms. The van der Waals surface area contributed by atoms with Gasteiger partial charge in [0.2, 0.25) is 0 Å². The molecule has 0 unspecified atom stereocenters. The van der Waals surface area contributed by atoms with Crippen molar-refractivity contribution in [2.24, 2.45) is 0 Å². The molecule has 0 atom stereocenters. The third-order valence-electron chi connectivity index (χ3n) is 3.12. The molecule has 0 fully saturated rings. The summed E-state index contributed by atoms with van der Waals surface area (Å²) < 4.78 is 0. The van der Waals surface area contributed by atoms with Gasteiger partial charge in [-0.2, -0.15) is 0 Å². The van der Waals surface area contributed by atoms with E-state index in [1.807, 2.05) is 0 Å². The van der Waals surface area contributed by atoms with Gasteiger partial charge in [-0.3, -0.25) is 0 Å². The molecule has 1 rings (SSSR count). The minimum absolute atomic E-state index is 0.622. The Morgan fingerprint density at radius 3 is 2.00 bits per heavy atom. The Kier molecular flexibility index (Phi) is 10.7. The highest BCUT2D eigenvalue weighted by Crippen LogP contribution is 2.14. The van der Waals surface area contributed by atoms with Crippen LogP contribution in [-0.2, 0) is 16.1 Å². The molecular weight excluding hydrogens is 296 g/mol. The van der Waals surface area contributed by atoms with E-state index in [2.05, 4.69) is 62.4 Å². The van der Waals surface area contributed by atoms with Crippen LogP contribution >= 0.6 is 0 Å². The van der Waals surface area contributed by atoms with Crippen molar-refractivity contribution < 1.29 is 19.8 Å². The van der Waals surface area contributed by atoms with Crippen LogP contribution in [0.2, 0.25) is 0 Å². The number of nitrogens with zero attached hydrogens (tertiary/aromatic N) is 1. The summed E-state index contributed by atoms with van der Waals surface area (Å²) in [5.41, 5.74) is 2.79. The van der Waals surface area contributed by atoms with Crippen LogP contribution in [0.15, 0.2) is 24.3 Å². The summed E-state index contributed by atoms with van der Waals surface area (Å²) in [5.74, 6) is -3.03. The van der Waals surface area contributed by atoms with Gasteiger partial charge in [-0.15, -0.1) is 0 Å². The van der Waals surface area contributed by atoms with Gasteiger partial charge in [-0.25, -0.2) is 9.59 Å². The van der Waals surface area contributed by atoms with Gasteiger partial charge in [0.1, 0.15) is 0 Å². The fourth-order valence-corrected chi connectivity index (χ4v) is 1.77. The monoisotopic (exact) mass is 324 g/mol. The smallest absolute Gasteiger partial charge is 0.414 e. The second-order valence-corrected chi connectivity index (χ2v) is 5.84. The molecule has 130 valence electrons. The van der Waals surface area contributed by atoms with Crippen molar-refractivity contribution in [3.05, 3.63) is 35.4 Å². The zero-order valence-corrected chi connectivity index (χ0v) is 14.4. The number of hydrogen-bond donors (Lipinski definition) is 3. The van der Waals surface area contributed by atoms with E-state index >= 15 is 0 Å². The second kappa shape index (κ2) is 11.6. The molecule has 0 aliphatic rings. The zero-order chi connectivity index (χ0) is 17.8. The highest BCUT2D eigenvalue weighted by molar-refractivity contribution is 6.27. The first kappa shape index (κ1) is 21.1. The van der Waals surface area contributed by atoms with Crippen molar-refractivity contribution in [3.63, 3.8) is 0 Å². The maximum Gasteiger partial charge on any atom is 0.414 e. The maximum atomic E-state index is 9.10. The number of carboxylic acids is 2. The molecule has 0 radical (unpaired) electrons. The molecule has 0 aliphatic heterocycles. The minimum Gasteiger partial charge on any atom is -0.473 e. The molecule has 0 saturated heterocycles. The third kappa shape index (κ3) is 11.3. The van der Waals surface area contributed by atoms with Gasteiger partial charge in [0.15, 0.2) is 0 Å². The van der Waals surface area contributed by atoms with Crippen LogP contribution in [0.4, 0.5) is 0 Å². The SMILES string of the molecule is CC(C)c1ccc(CNCCCN(C)C)cc1.O=C(O)C(=O)O. The Morgan fingerprint density at radius 2 is 1.61 bits per heavy atom. The summed E-state index contributed by atoms with van der Waals surface area (Å²) in [6, 6.07) is 8.94. The average Bonchev–Trinajstić information content (AvgIpc) is 2.47. The van der Waals surface area contributed by atoms with Crippen LogP contribution in [-0.4, -0.2) is 54.2 Å². The molecule has 1 aromatic rings. The van der Waals surface area contributed by atoms with Gasteiger partial charge in [-0.1, -0.05) is 38.1 Å². The topological polar surface area (TPSA) is 89.9 Å². The predicted octanol–water partition coefficient (Wildman–Crippen LogP) is 2.01.